The van der Waals surface area contributed by atoms with Crippen LogP contribution in [0.15, 0.2) is 30.3 Å². The van der Waals surface area contributed by atoms with Crippen LogP contribution in [0.1, 0.15) is 31.2 Å². The Hall–Kier alpha value is -1.88. The monoisotopic (exact) mass is 290 g/mol. The Kier molecular flexibility index (Phi) is 4.20. The van der Waals surface area contributed by atoms with Crippen molar-refractivity contribution < 1.29 is 23.8 Å². The molecule has 0 saturated carbocycles. The molecule has 2 aliphatic rings. The third kappa shape index (κ3) is 3.61. The van der Waals surface area contributed by atoms with Crippen molar-refractivity contribution in [3.63, 3.8) is 0 Å². The van der Waals surface area contributed by atoms with Crippen LogP contribution in [-0.4, -0.2) is 30.3 Å². The van der Waals surface area contributed by atoms with Gasteiger partial charge in [-0.25, -0.2) is 0 Å². The second kappa shape index (κ2) is 6.26. The summed E-state index contributed by atoms with van der Waals surface area (Å²) in [6.07, 6.45) is 1.49. The molecule has 21 heavy (non-hydrogen) atoms. The average molecular weight is 290 g/mol. The molecule has 5 nitrogen and oxygen atoms in total. The highest BCUT2D eigenvalue weighted by molar-refractivity contribution is 5.73. The number of carbonyl (C=O) groups excluding carboxylic acids is 2. The molecule has 0 radical (unpaired) electrons. The van der Waals surface area contributed by atoms with E-state index in [2.05, 4.69) is 0 Å². The lowest BCUT2D eigenvalue weighted by molar-refractivity contribution is -0.155. The molecule has 0 aromatic heterocycles. The fourth-order valence-corrected chi connectivity index (χ4v) is 2.77. The van der Waals surface area contributed by atoms with Crippen molar-refractivity contribution >= 4 is 11.9 Å². The standard InChI is InChI=1S/C16H18O5/c17-15(19-10-11-4-2-1-3-5-11)8-12-6-7-13-14(20-12)9-16(18)21-13/h1-5,12-14H,6-10H2/t12?,13-,14-/m0/s1. The Balaban J connectivity index is 1.44. The Bertz CT molecular complexity index is 513. The van der Waals surface area contributed by atoms with E-state index in [0.29, 0.717) is 6.42 Å². The van der Waals surface area contributed by atoms with E-state index < -0.39 is 0 Å². The van der Waals surface area contributed by atoms with Gasteiger partial charge in [0, 0.05) is 0 Å². The first-order chi connectivity index (χ1) is 10.2. The van der Waals surface area contributed by atoms with Crippen LogP contribution in [0, 0.1) is 0 Å². The maximum atomic E-state index is 11.8. The number of fused-ring (bicyclic) bond motifs is 1. The molecule has 2 saturated heterocycles. The number of hydrogen-bond acceptors (Lipinski definition) is 5. The molecule has 3 rings (SSSR count). The predicted octanol–water partition coefficient (Wildman–Crippen LogP) is 1.98. The van der Waals surface area contributed by atoms with Crippen LogP contribution in [0.3, 0.4) is 0 Å². The lowest BCUT2D eigenvalue weighted by Gasteiger charge is -2.30. The highest BCUT2D eigenvalue weighted by Gasteiger charge is 2.41. The number of rotatable bonds is 4. The molecule has 112 valence electrons. The number of hydrogen-bond donors (Lipinski definition) is 0. The van der Waals surface area contributed by atoms with Crippen molar-refractivity contribution in [2.45, 2.75) is 50.6 Å². The number of benzene rings is 1. The summed E-state index contributed by atoms with van der Waals surface area (Å²) in [4.78, 5) is 23.0. The van der Waals surface area contributed by atoms with Gasteiger partial charge >= 0.3 is 11.9 Å². The zero-order chi connectivity index (χ0) is 14.7. The summed E-state index contributed by atoms with van der Waals surface area (Å²) in [6.45, 7) is 0.278. The van der Waals surface area contributed by atoms with Crippen LogP contribution in [0.5, 0.6) is 0 Å². The minimum absolute atomic E-state index is 0.130. The fourth-order valence-electron chi connectivity index (χ4n) is 2.77. The maximum absolute atomic E-state index is 11.8. The molecule has 1 unspecified atom stereocenters. The van der Waals surface area contributed by atoms with Crippen LogP contribution >= 0.6 is 0 Å². The van der Waals surface area contributed by atoms with Gasteiger partial charge in [0.25, 0.3) is 0 Å². The Morgan fingerprint density at radius 2 is 2.00 bits per heavy atom. The van der Waals surface area contributed by atoms with Gasteiger partial charge in [-0.05, 0) is 18.4 Å². The summed E-state index contributed by atoms with van der Waals surface area (Å²) in [5, 5.41) is 0. The first-order valence-electron chi connectivity index (χ1n) is 7.25. The van der Waals surface area contributed by atoms with E-state index in [9.17, 15) is 9.59 Å². The molecule has 1 aromatic carbocycles. The molecule has 0 aliphatic carbocycles. The SMILES string of the molecule is O=C(CC1CC[C@@H]2OC(=O)C[C@@H]2O1)OCc1ccccc1. The summed E-state index contributed by atoms with van der Waals surface area (Å²) < 4.78 is 16.1. The molecule has 1 aromatic rings. The smallest absolute Gasteiger partial charge is 0.308 e. The van der Waals surface area contributed by atoms with Gasteiger partial charge in [-0.2, -0.15) is 0 Å². The fraction of sp³-hybridized carbons (Fsp3) is 0.500. The zero-order valence-electron chi connectivity index (χ0n) is 11.7. The molecular formula is C16H18O5. The predicted molar refractivity (Wildman–Crippen MR) is 73.2 cm³/mol. The van der Waals surface area contributed by atoms with E-state index in [4.69, 9.17) is 14.2 Å². The zero-order valence-corrected chi connectivity index (χ0v) is 11.7. The second-order valence-corrected chi connectivity index (χ2v) is 5.46. The first-order valence-corrected chi connectivity index (χ1v) is 7.25. The molecule has 0 bridgehead atoms. The third-order valence-corrected chi connectivity index (χ3v) is 3.84. The molecule has 2 fully saturated rings. The summed E-state index contributed by atoms with van der Waals surface area (Å²) in [7, 11) is 0. The molecule has 2 aliphatic heterocycles. The largest absolute Gasteiger partial charge is 0.461 e. The van der Waals surface area contributed by atoms with E-state index in [1.165, 1.54) is 0 Å². The Morgan fingerprint density at radius 1 is 1.19 bits per heavy atom. The molecule has 5 heteroatoms. The molecule has 3 atom stereocenters. The van der Waals surface area contributed by atoms with Crippen LogP contribution in [0.4, 0.5) is 0 Å². The topological polar surface area (TPSA) is 61.8 Å². The van der Waals surface area contributed by atoms with E-state index >= 15 is 0 Å². The average Bonchev–Trinajstić information content (AvgIpc) is 2.85. The Morgan fingerprint density at radius 3 is 2.81 bits per heavy atom. The first kappa shape index (κ1) is 14.1. The number of esters is 2. The van der Waals surface area contributed by atoms with Crippen molar-refractivity contribution in [3.8, 4) is 0 Å². The van der Waals surface area contributed by atoms with E-state index in [1.54, 1.807) is 0 Å². The van der Waals surface area contributed by atoms with Crippen LogP contribution < -0.4 is 0 Å². The van der Waals surface area contributed by atoms with Gasteiger partial charge in [-0.1, -0.05) is 30.3 Å². The summed E-state index contributed by atoms with van der Waals surface area (Å²) >= 11 is 0. The van der Waals surface area contributed by atoms with E-state index in [-0.39, 0.29) is 43.3 Å². The molecule has 0 N–H and O–H groups in total. The van der Waals surface area contributed by atoms with Gasteiger partial charge < -0.3 is 14.2 Å². The summed E-state index contributed by atoms with van der Waals surface area (Å²) in [5.41, 5.74) is 0.963. The molecule has 0 amide bonds. The lowest BCUT2D eigenvalue weighted by Crippen LogP contribution is -2.37. The van der Waals surface area contributed by atoms with Gasteiger partial charge in [-0.3, -0.25) is 9.59 Å². The van der Waals surface area contributed by atoms with Gasteiger partial charge in [0.15, 0.2) is 0 Å². The van der Waals surface area contributed by atoms with Crippen molar-refractivity contribution in [3.05, 3.63) is 35.9 Å². The molecular weight excluding hydrogens is 272 g/mol. The summed E-state index contributed by atoms with van der Waals surface area (Å²) in [5.74, 6) is -0.482. The normalized spacial score (nSPS) is 27.8. The van der Waals surface area contributed by atoms with Crippen LogP contribution in [-0.2, 0) is 30.4 Å². The third-order valence-electron chi connectivity index (χ3n) is 3.84. The van der Waals surface area contributed by atoms with Crippen molar-refractivity contribution in [2.75, 3.05) is 0 Å². The Labute approximate surface area is 123 Å². The molecule has 2 heterocycles. The van der Waals surface area contributed by atoms with E-state index in [0.717, 1.165) is 18.4 Å². The second-order valence-electron chi connectivity index (χ2n) is 5.46. The van der Waals surface area contributed by atoms with Crippen LogP contribution in [0.25, 0.3) is 0 Å². The number of ether oxygens (including phenoxy) is 3. The highest BCUT2D eigenvalue weighted by Crippen LogP contribution is 2.30. The highest BCUT2D eigenvalue weighted by atomic mass is 16.6. The van der Waals surface area contributed by atoms with Gasteiger partial charge in [-0.15, -0.1) is 0 Å². The minimum atomic E-state index is -0.271. The lowest BCUT2D eigenvalue weighted by atomic mass is 9.99. The maximum Gasteiger partial charge on any atom is 0.308 e. The van der Waals surface area contributed by atoms with E-state index in [1.807, 2.05) is 30.3 Å². The van der Waals surface area contributed by atoms with Crippen molar-refractivity contribution in [2.24, 2.45) is 0 Å². The van der Waals surface area contributed by atoms with Gasteiger partial charge in [0.05, 0.1) is 18.9 Å². The quantitative estimate of drug-likeness (QED) is 0.794. The van der Waals surface area contributed by atoms with Crippen LogP contribution in [0.2, 0.25) is 0 Å². The minimum Gasteiger partial charge on any atom is -0.461 e. The molecule has 0 spiro atoms. The van der Waals surface area contributed by atoms with Gasteiger partial charge in [0.1, 0.15) is 18.8 Å². The number of carbonyl (C=O) groups is 2. The summed E-state index contributed by atoms with van der Waals surface area (Å²) in [6, 6.07) is 9.56. The van der Waals surface area contributed by atoms with Crippen molar-refractivity contribution in [1.82, 2.24) is 0 Å². The van der Waals surface area contributed by atoms with Gasteiger partial charge in [0.2, 0.25) is 0 Å². The van der Waals surface area contributed by atoms with Crippen molar-refractivity contribution in [1.29, 1.82) is 0 Å².